The van der Waals surface area contributed by atoms with Crippen LogP contribution in [0.3, 0.4) is 0 Å². The molecule has 3 aromatic carbocycles. The zero-order chi connectivity index (χ0) is 22.1. The van der Waals surface area contributed by atoms with E-state index >= 15 is 0 Å². The Labute approximate surface area is 207 Å². The van der Waals surface area contributed by atoms with Crippen molar-refractivity contribution in [2.45, 2.75) is 45.9 Å². The molecule has 1 atom stereocenters. The van der Waals surface area contributed by atoms with E-state index in [0.717, 1.165) is 24.0 Å². The molecule has 0 spiro atoms. The van der Waals surface area contributed by atoms with Gasteiger partial charge in [0.05, 0.1) is 11.6 Å². The van der Waals surface area contributed by atoms with Gasteiger partial charge in [0.2, 0.25) is 0 Å². The molecule has 1 N–H and O–H groups in total. The molecule has 0 heterocycles. The summed E-state index contributed by atoms with van der Waals surface area (Å²) in [4.78, 5) is 0. The van der Waals surface area contributed by atoms with Crippen LogP contribution in [0.2, 0.25) is 10.0 Å². The Morgan fingerprint density at radius 1 is 0.875 bits per heavy atom. The molecule has 172 valence electrons. The largest absolute Gasteiger partial charge is 0.490 e. The summed E-state index contributed by atoms with van der Waals surface area (Å²) in [5.41, 5.74) is 3.37. The SMILES string of the molecule is CCCC(NCc1cc(Cl)c(OCc2ccc(Cl)cc2)c(OCC)c1)c1ccccc1.Cl. The van der Waals surface area contributed by atoms with Crippen molar-refractivity contribution >= 4 is 35.6 Å². The fraction of sp³-hybridized carbons (Fsp3) is 0.308. The topological polar surface area (TPSA) is 30.5 Å². The predicted octanol–water partition coefficient (Wildman–Crippen LogP) is 8.02. The maximum Gasteiger partial charge on any atom is 0.180 e. The minimum absolute atomic E-state index is 0. The first-order valence-corrected chi connectivity index (χ1v) is 11.5. The standard InChI is InChI=1S/C26H29Cl2NO2.ClH/c1-3-8-24(21-9-6-5-7-10-21)29-17-20-15-23(28)26(25(16-20)30-4-2)31-18-19-11-13-22(27)14-12-19;/h5-7,9-16,24,29H,3-4,8,17-18H2,1-2H3;1H. The molecule has 0 aliphatic heterocycles. The molecule has 6 heteroatoms. The molecule has 0 aliphatic rings. The Balaban J connectivity index is 0.00000363. The highest BCUT2D eigenvalue weighted by atomic mass is 35.5. The van der Waals surface area contributed by atoms with Gasteiger partial charge in [0.1, 0.15) is 6.61 Å². The smallest absolute Gasteiger partial charge is 0.180 e. The van der Waals surface area contributed by atoms with Crippen LogP contribution in [0.15, 0.2) is 66.7 Å². The molecule has 0 amide bonds. The van der Waals surface area contributed by atoms with Gasteiger partial charge in [-0.05, 0) is 54.3 Å². The lowest BCUT2D eigenvalue weighted by molar-refractivity contribution is 0.269. The van der Waals surface area contributed by atoms with Crippen molar-refractivity contribution in [1.82, 2.24) is 5.32 Å². The number of halogens is 3. The van der Waals surface area contributed by atoms with Gasteiger partial charge >= 0.3 is 0 Å². The normalized spacial score (nSPS) is 11.5. The van der Waals surface area contributed by atoms with Crippen LogP contribution < -0.4 is 14.8 Å². The van der Waals surface area contributed by atoms with Gasteiger partial charge in [0, 0.05) is 17.6 Å². The summed E-state index contributed by atoms with van der Waals surface area (Å²) in [6.07, 6.45) is 2.17. The van der Waals surface area contributed by atoms with E-state index in [1.54, 1.807) is 0 Å². The van der Waals surface area contributed by atoms with E-state index in [2.05, 4.69) is 36.5 Å². The van der Waals surface area contributed by atoms with E-state index in [9.17, 15) is 0 Å². The van der Waals surface area contributed by atoms with Crippen molar-refractivity contribution in [1.29, 1.82) is 0 Å². The molecule has 3 aromatic rings. The van der Waals surface area contributed by atoms with Crippen LogP contribution in [0, 0.1) is 0 Å². The highest BCUT2D eigenvalue weighted by Gasteiger charge is 2.15. The molecule has 0 saturated heterocycles. The van der Waals surface area contributed by atoms with Crippen LogP contribution in [0.1, 0.15) is 49.4 Å². The zero-order valence-corrected chi connectivity index (χ0v) is 20.8. The Morgan fingerprint density at radius 2 is 1.59 bits per heavy atom. The lowest BCUT2D eigenvalue weighted by Gasteiger charge is -2.20. The van der Waals surface area contributed by atoms with Gasteiger partial charge in [-0.3, -0.25) is 0 Å². The second kappa shape index (κ2) is 13.6. The van der Waals surface area contributed by atoms with Crippen LogP contribution >= 0.6 is 35.6 Å². The van der Waals surface area contributed by atoms with Gasteiger partial charge in [-0.15, -0.1) is 12.4 Å². The molecule has 3 rings (SSSR count). The summed E-state index contributed by atoms with van der Waals surface area (Å²) >= 11 is 12.6. The van der Waals surface area contributed by atoms with Crippen LogP contribution in [0.4, 0.5) is 0 Å². The van der Waals surface area contributed by atoms with Crippen LogP contribution in [0.5, 0.6) is 11.5 Å². The Hall–Kier alpha value is -1.91. The summed E-state index contributed by atoms with van der Waals surface area (Å²) in [6.45, 7) is 5.77. The van der Waals surface area contributed by atoms with E-state index < -0.39 is 0 Å². The molecule has 0 saturated carbocycles. The minimum atomic E-state index is 0. The monoisotopic (exact) mass is 493 g/mol. The number of hydrogen-bond donors (Lipinski definition) is 1. The maximum absolute atomic E-state index is 6.60. The highest BCUT2D eigenvalue weighted by Crippen LogP contribution is 2.37. The first kappa shape index (κ1) is 26.3. The molecule has 0 radical (unpaired) electrons. The van der Waals surface area contributed by atoms with E-state index in [4.69, 9.17) is 32.7 Å². The number of nitrogens with one attached hydrogen (secondary N) is 1. The second-order valence-electron chi connectivity index (χ2n) is 7.39. The van der Waals surface area contributed by atoms with Gasteiger partial charge in [-0.2, -0.15) is 0 Å². The van der Waals surface area contributed by atoms with Crippen LogP contribution in [-0.2, 0) is 13.2 Å². The Kier molecular flexibility index (Phi) is 11.2. The predicted molar refractivity (Wildman–Crippen MR) is 137 cm³/mol. The number of benzene rings is 3. The van der Waals surface area contributed by atoms with Gasteiger partial charge in [0.15, 0.2) is 11.5 Å². The molecule has 1 unspecified atom stereocenters. The number of hydrogen-bond acceptors (Lipinski definition) is 3. The zero-order valence-electron chi connectivity index (χ0n) is 18.4. The van der Waals surface area contributed by atoms with Crippen molar-refractivity contribution in [3.05, 3.63) is 93.5 Å². The fourth-order valence-electron chi connectivity index (χ4n) is 3.46. The first-order chi connectivity index (χ1) is 15.1. The summed E-state index contributed by atoms with van der Waals surface area (Å²) in [7, 11) is 0. The molecule has 0 aliphatic carbocycles. The maximum atomic E-state index is 6.60. The summed E-state index contributed by atoms with van der Waals surface area (Å²) in [6, 6.07) is 22.4. The van der Waals surface area contributed by atoms with Gasteiger partial charge in [-0.1, -0.05) is 79.0 Å². The van der Waals surface area contributed by atoms with E-state index in [1.165, 1.54) is 5.56 Å². The van der Waals surface area contributed by atoms with Gasteiger partial charge in [-0.25, -0.2) is 0 Å². The molecular weight excluding hydrogens is 465 g/mol. The van der Waals surface area contributed by atoms with Crippen LogP contribution in [0.25, 0.3) is 0 Å². The summed E-state index contributed by atoms with van der Waals surface area (Å²) < 4.78 is 11.9. The number of ether oxygens (including phenoxy) is 2. The summed E-state index contributed by atoms with van der Waals surface area (Å²) in [5, 5.41) is 4.91. The van der Waals surface area contributed by atoms with E-state index in [1.807, 2.05) is 49.4 Å². The van der Waals surface area contributed by atoms with Crippen LogP contribution in [-0.4, -0.2) is 6.61 Å². The number of rotatable bonds is 11. The Morgan fingerprint density at radius 3 is 2.25 bits per heavy atom. The lowest BCUT2D eigenvalue weighted by Crippen LogP contribution is -2.21. The second-order valence-corrected chi connectivity index (χ2v) is 8.23. The van der Waals surface area contributed by atoms with Gasteiger partial charge in [0.25, 0.3) is 0 Å². The highest BCUT2D eigenvalue weighted by molar-refractivity contribution is 6.32. The molecule has 3 nitrogen and oxygen atoms in total. The lowest BCUT2D eigenvalue weighted by atomic mass is 10.0. The van der Waals surface area contributed by atoms with Crippen molar-refractivity contribution < 1.29 is 9.47 Å². The van der Waals surface area contributed by atoms with Gasteiger partial charge < -0.3 is 14.8 Å². The molecule has 0 aromatic heterocycles. The molecule has 32 heavy (non-hydrogen) atoms. The Bertz CT molecular complexity index is 949. The third-order valence-corrected chi connectivity index (χ3v) is 5.53. The minimum Gasteiger partial charge on any atom is -0.490 e. The average Bonchev–Trinajstić information content (AvgIpc) is 2.78. The van der Waals surface area contributed by atoms with E-state index in [0.29, 0.717) is 47.3 Å². The van der Waals surface area contributed by atoms with Crippen molar-refractivity contribution in [2.75, 3.05) is 6.61 Å². The fourth-order valence-corrected chi connectivity index (χ4v) is 3.88. The molecule has 0 fully saturated rings. The summed E-state index contributed by atoms with van der Waals surface area (Å²) in [5.74, 6) is 1.22. The average molecular weight is 495 g/mol. The van der Waals surface area contributed by atoms with Crippen molar-refractivity contribution in [2.24, 2.45) is 0 Å². The quantitative estimate of drug-likeness (QED) is 0.293. The first-order valence-electron chi connectivity index (χ1n) is 10.7. The third-order valence-electron chi connectivity index (χ3n) is 5.00. The van der Waals surface area contributed by atoms with Crippen molar-refractivity contribution in [3.8, 4) is 11.5 Å². The van der Waals surface area contributed by atoms with Crippen molar-refractivity contribution in [3.63, 3.8) is 0 Å². The molecule has 0 bridgehead atoms. The van der Waals surface area contributed by atoms with E-state index in [-0.39, 0.29) is 12.4 Å². The third kappa shape index (κ3) is 7.60. The molecular formula is C26H30Cl3NO2.